The van der Waals surface area contributed by atoms with Gasteiger partial charge in [0.05, 0.1) is 13.2 Å². The van der Waals surface area contributed by atoms with Gasteiger partial charge in [0.1, 0.15) is 16.5 Å². The number of piperidine rings is 2. The van der Waals surface area contributed by atoms with Crippen LogP contribution in [-0.4, -0.2) is 76.3 Å². The van der Waals surface area contributed by atoms with E-state index in [1.165, 1.54) is 0 Å². The molecule has 0 unspecified atom stereocenters. The number of aryl methyl sites for hydroxylation is 4. The lowest BCUT2D eigenvalue weighted by atomic mass is 10.0. The summed E-state index contributed by atoms with van der Waals surface area (Å²) < 4.78 is 11.4. The highest BCUT2D eigenvalue weighted by Crippen LogP contribution is 2.36. The van der Waals surface area contributed by atoms with E-state index in [9.17, 15) is 0 Å². The lowest BCUT2D eigenvalue weighted by Gasteiger charge is -2.32. The van der Waals surface area contributed by atoms with Gasteiger partial charge in [-0.05, 0) is 110 Å². The first-order chi connectivity index (χ1) is 21.2. The minimum absolute atomic E-state index is 0.399. The molecule has 2 aromatic heterocycles. The van der Waals surface area contributed by atoms with Crippen LogP contribution in [0.2, 0.25) is 5.02 Å². The van der Waals surface area contributed by atoms with Crippen molar-refractivity contribution < 1.29 is 9.47 Å². The number of rotatable bonds is 10. The van der Waals surface area contributed by atoms with E-state index < -0.39 is 0 Å². The number of hydrogen-bond acceptors (Lipinski definition) is 10. The zero-order valence-electron chi connectivity index (χ0n) is 27.2. The number of aromatic nitrogens is 4. The van der Waals surface area contributed by atoms with Gasteiger partial charge in [-0.15, -0.1) is 0 Å². The number of hydrogen-bond donors (Lipinski definition) is 3. The summed E-state index contributed by atoms with van der Waals surface area (Å²) in [5, 5.41) is 10.8. The van der Waals surface area contributed by atoms with Crippen molar-refractivity contribution in [1.29, 1.82) is 0 Å². The molecular formula is C33H49ClN8O2. The largest absolute Gasteiger partial charge is 0.492 e. The first kappa shape index (κ1) is 33.7. The smallest absolute Gasteiger partial charge is 0.223 e. The van der Waals surface area contributed by atoms with E-state index in [4.69, 9.17) is 21.1 Å². The molecule has 0 radical (unpaired) electrons. The van der Waals surface area contributed by atoms with E-state index in [1.54, 1.807) is 0 Å². The molecule has 3 N–H and O–H groups in total. The van der Waals surface area contributed by atoms with Crippen molar-refractivity contribution in [1.82, 2.24) is 30.2 Å². The molecule has 5 rings (SSSR count). The predicted molar refractivity (Wildman–Crippen MR) is 178 cm³/mol. The highest BCUT2D eigenvalue weighted by molar-refractivity contribution is 6.33. The van der Waals surface area contributed by atoms with E-state index in [2.05, 4.69) is 40.8 Å². The second-order valence-electron chi connectivity index (χ2n) is 11.6. The standard InChI is InChI=1S/C22H31ClN4O2.C11H18N4/c1-5-28-19-12-17(13-20(21(19)23)29-6-2)14-27-9-7-18(8-10-27)26-22-24-15(3)11-16(4)25-22;1-8-7-9(2)14-11(13-8)15-10-3-5-12-6-4-10/h11-13,18H,5-10,14H2,1-4H3,(H,24,25,26);7,10,12H,3-6H2,1-2H3,(H,13,14,15). The van der Waals surface area contributed by atoms with Gasteiger partial charge in [0.2, 0.25) is 11.9 Å². The Morgan fingerprint density at radius 1 is 0.727 bits per heavy atom. The van der Waals surface area contributed by atoms with Crippen LogP contribution in [0.15, 0.2) is 24.3 Å². The minimum Gasteiger partial charge on any atom is -0.492 e. The number of benzene rings is 1. The minimum atomic E-state index is 0.399. The quantitative estimate of drug-likeness (QED) is 0.253. The van der Waals surface area contributed by atoms with Crippen molar-refractivity contribution in [2.45, 2.75) is 85.9 Å². The van der Waals surface area contributed by atoms with E-state index in [-0.39, 0.29) is 0 Å². The molecule has 240 valence electrons. The van der Waals surface area contributed by atoms with E-state index in [0.29, 0.717) is 41.8 Å². The van der Waals surface area contributed by atoms with Crippen LogP contribution in [0.25, 0.3) is 0 Å². The molecule has 4 heterocycles. The summed E-state index contributed by atoms with van der Waals surface area (Å²) >= 11 is 6.42. The van der Waals surface area contributed by atoms with Gasteiger partial charge >= 0.3 is 0 Å². The maximum absolute atomic E-state index is 6.42. The molecular weight excluding hydrogens is 576 g/mol. The average Bonchev–Trinajstić information content (AvgIpc) is 2.97. The molecule has 0 bridgehead atoms. The summed E-state index contributed by atoms with van der Waals surface area (Å²) in [6.07, 6.45) is 4.41. The maximum Gasteiger partial charge on any atom is 0.223 e. The van der Waals surface area contributed by atoms with Gasteiger partial charge in [-0.25, -0.2) is 19.9 Å². The topological polar surface area (TPSA) is 109 Å². The van der Waals surface area contributed by atoms with Gasteiger partial charge in [-0.1, -0.05) is 11.6 Å². The molecule has 44 heavy (non-hydrogen) atoms. The molecule has 10 nitrogen and oxygen atoms in total. The molecule has 11 heteroatoms. The Hall–Kier alpha value is -3.21. The fraction of sp³-hybridized carbons (Fsp3) is 0.576. The van der Waals surface area contributed by atoms with Crippen molar-refractivity contribution in [2.75, 3.05) is 50.0 Å². The summed E-state index contributed by atoms with van der Waals surface area (Å²) in [6.45, 7) is 18.1. The fourth-order valence-electron chi connectivity index (χ4n) is 5.64. The molecule has 3 aromatic rings. The SMILES string of the molecule is CCOc1cc(CN2CCC(Nc3nc(C)cc(C)n3)CC2)cc(OCC)c1Cl.Cc1cc(C)nc(NC2CCNCC2)n1. The molecule has 0 spiro atoms. The molecule has 2 saturated heterocycles. The molecule has 0 aliphatic carbocycles. The van der Waals surface area contributed by atoms with Crippen molar-refractivity contribution in [2.24, 2.45) is 0 Å². The molecule has 0 amide bonds. The third-order valence-corrected chi connectivity index (χ3v) is 8.00. The van der Waals surface area contributed by atoms with Gasteiger partial charge in [0, 0.05) is 54.5 Å². The second-order valence-corrected chi connectivity index (χ2v) is 12.0. The first-order valence-electron chi connectivity index (χ1n) is 15.9. The highest BCUT2D eigenvalue weighted by atomic mass is 35.5. The molecule has 2 aliphatic heterocycles. The first-order valence-corrected chi connectivity index (χ1v) is 16.3. The number of likely N-dealkylation sites (tertiary alicyclic amines) is 1. The molecule has 0 atom stereocenters. The lowest BCUT2D eigenvalue weighted by molar-refractivity contribution is 0.210. The summed E-state index contributed by atoms with van der Waals surface area (Å²) in [5.41, 5.74) is 5.20. The normalized spacial score (nSPS) is 16.2. The van der Waals surface area contributed by atoms with Crippen molar-refractivity contribution >= 4 is 23.5 Å². The Morgan fingerprint density at radius 3 is 1.59 bits per heavy atom. The Morgan fingerprint density at radius 2 is 1.16 bits per heavy atom. The van der Waals surface area contributed by atoms with Crippen molar-refractivity contribution in [3.63, 3.8) is 0 Å². The zero-order chi connectivity index (χ0) is 31.5. The number of nitrogens with zero attached hydrogens (tertiary/aromatic N) is 5. The zero-order valence-corrected chi connectivity index (χ0v) is 27.9. The van der Waals surface area contributed by atoms with E-state index in [0.717, 1.165) is 98.6 Å². The summed E-state index contributed by atoms with van der Waals surface area (Å²) in [6, 6.07) is 8.97. The number of halogens is 1. The van der Waals surface area contributed by atoms with Crippen LogP contribution in [0.1, 0.15) is 67.9 Å². The molecule has 2 fully saturated rings. The second kappa shape index (κ2) is 16.7. The number of anilines is 2. The van der Waals surface area contributed by atoms with Crippen molar-refractivity contribution in [3.05, 3.63) is 57.6 Å². The Bertz CT molecular complexity index is 1280. The summed E-state index contributed by atoms with van der Waals surface area (Å²) in [4.78, 5) is 20.2. The van der Waals surface area contributed by atoms with Gasteiger partial charge in [-0.2, -0.15) is 0 Å². The van der Waals surface area contributed by atoms with Crippen LogP contribution in [-0.2, 0) is 6.54 Å². The lowest BCUT2D eigenvalue weighted by Crippen LogP contribution is -2.39. The van der Waals surface area contributed by atoms with Crippen LogP contribution >= 0.6 is 11.6 Å². The highest BCUT2D eigenvalue weighted by Gasteiger charge is 2.21. The van der Waals surface area contributed by atoms with E-state index >= 15 is 0 Å². The molecule has 2 aliphatic rings. The Kier molecular flexibility index (Phi) is 12.8. The van der Waals surface area contributed by atoms with Crippen molar-refractivity contribution in [3.8, 4) is 11.5 Å². The van der Waals surface area contributed by atoms with Crippen LogP contribution in [0.4, 0.5) is 11.9 Å². The predicted octanol–water partition coefficient (Wildman–Crippen LogP) is 5.88. The van der Waals surface area contributed by atoms with Crippen LogP contribution in [0, 0.1) is 27.7 Å². The maximum atomic E-state index is 6.42. The Balaban J connectivity index is 0.000000246. The van der Waals surface area contributed by atoms with Gasteiger partial charge in [0.15, 0.2) is 0 Å². The number of nitrogens with one attached hydrogen (secondary N) is 3. The summed E-state index contributed by atoms with van der Waals surface area (Å²) in [7, 11) is 0. The monoisotopic (exact) mass is 624 g/mol. The average molecular weight is 625 g/mol. The van der Waals surface area contributed by atoms with Crippen LogP contribution < -0.4 is 25.4 Å². The van der Waals surface area contributed by atoms with Gasteiger partial charge in [0.25, 0.3) is 0 Å². The van der Waals surface area contributed by atoms with Gasteiger partial charge < -0.3 is 25.4 Å². The third-order valence-electron chi connectivity index (χ3n) is 7.63. The molecule has 1 aromatic carbocycles. The number of ether oxygens (including phenoxy) is 2. The molecule has 0 saturated carbocycles. The van der Waals surface area contributed by atoms with Gasteiger partial charge in [-0.3, -0.25) is 4.90 Å². The van der Waals surface area contributed by atoms with Crippen LogP contribution in [0.5, 0.6) is 11.5 Å². The fourth-order valence-corrected chi connectivity index (χ4v) is 5.86. The van der Waals surface area contributed by atoms with Crippen LogP contribution in [0.3, 0.4) is 0 Å². The third kappa shape index (κ3) is 10.5. The van der Waals surface area contributed by atoms with E-state index in [1.807, 2.05) is 65.8 Å². The Labute approximate surface area is 267 Å². The summed E-state index contributed by atoms with van der Waals surface area (Å²) in [5.74, 6) is 2.90.